The van der Waals surface area contributed by atoms with Crippen LogP contribution in [-0.4, -0.2) is 34.9 Å². The molecule has 0 saturated heterocycles. The number of benzene rings is 1. The summed E-state index contributed by atoms with van der Waals surface area (Å²) in [7, 11) is -7.12. The predicted octanol–water partition coefficient (Wildman–Crippen LogP) is 2.17. The topological polar surface area (TPSA) is 77.5 Å². The molecule has 0 atom stereocenters. The largest absolute Gasteiger partial charge is 0.297 e. The Morgan fingerprint density at radius 1 is 1.00 bits per heavy atom. The van der Waals surface area contributed by atoms with Crippen LogP contribution >= 0.6 is 0 Å². The lowest BCUT2D eigenvalue weighted by Crippen LogP contribution is -2.17. The van der Waals surface area contributed by atoms with Gasteiger partial charge in [0, 0.05) is 5.75 Å². The highest BCUT2D eigenvalue weighted by Gasteiger charge is 2.17. The summed E-state index contributed by atoms with van der Waals surface area (Å²) in [5.74, 6) is -0.320. The van der Waals surface area contributed by atoms with Crippen LogP contribution in [0.25, 0.3) is 0 Å². The average molecular weight is 334 g/mol. The van der Waals surface area contributed by atoms with Gasteiger partial charge in [-0.05, 0) is 30.5 Å². The van der Waals surface area contributed by atoms with E-state index < -0.39 is 20.0 Å². The number of hydrogen-bond acceptors (Lipinski definition) is 5. The van der Waals surface area contributed by atoms with Crippen LogP contribution in [0.3, 0.4) is 0 Å². The van der Waals surface area contributed by atoms with Gasteiger partial charge in [-0.15, -0.1) is 0 Å². The van der Waals surface area contributed by atoms with Gasteiger partial charge in [0.2, 0.25) is 0 Å². The average Bonchev–Trinajstić information content (AvgIpc) is 2.45. The van der Waals surface area contributed by atoms with Gasteiger partial charge >= 0.3 is 0 Å². The maximum absolute atomic E-state index is 11.9. The zero-order valence-corrected chi connectivity index (χ0v) is 14.0. The van der Waals surface area contributed by atoms with Gasteiger partial charge in [-0.2, -0.15) is 8.42 Å². The Balaban J connectivity index is 2.66. The summed E-state index contributed by atoms with van der Waals surface area (Å²) in [4.78, 5) is 0.0524. The van der Waals surface area contributed by atoms with Gasteiger partial charge in [0.05, 0.1) is 17.3 Å². The molecular weight excluding hydrogens is 312 g/mol. The number of sulfone groups is 1. The van der Waals surface area contributed by atoms with Crippen LogP contribution in [0.15, 0.2) is 29.2 Å². The van der Waals surface area contributed by atoms with Crippen LogP contribution in [0.4, 0.5) is 0 Å². The lowest BCUT2D eigenvalue weighted by Gasteiger charge is -2.07. The van der Waals surface area contributed by atoms with Crippen LogP contribution in [0.1, 0.15) is 32.3 Å². The van der Waals surface area contributed by atoms with E-state index in [9.17, 15) is 16.8 Å². The van der Waals surface area contributed by atoms with Crippen LogP contribution in [0, 0.1) is 0 Å². The third kappa shape index (κ3) is 6.15. The second-order valence-electron chi connectivity index (χ2n) is 4.76. The summed E-state index contributed by atoms with van der Waals surface area (Å²) in [6.45, 7) is 3.26. The lowest BCUT2D eigenvalue weighted by molar-refractivity contribution is 0.339. The highest BCUT2D eigenvalue weighted by Crippen LogP contribution is 2.15. The fourth-order valence-electron chi connectivity index (χ4n) is 1.69. The number of aryl methyl sites for hydroxylation is 1. The van der Waals surface area contributed by atoms with Crippen molar-refractivity contribution in [2.24, 2.45) is 0 Å². The maximum Gasteiger partial charge on any atom is 0.297 e. The highest BCUT2D eigenvalue weighted by atomic mass is 32.2. The minimum Gasteiger partial charge on any atom is -0.265 e. The van der Waals surface area contributed by atoms with Crippen molar-refractivity contribution >= 4 is 20.0 Å². The first-order valence-corrected chi connectivity index (χ1v) is 10.2. The molecule has 0 unspecified atom stereocenters. The molecule has 1 aromatic rings. The molecule has 0 aliphatic heterocycles. The highest BCUT2D eigenvalue weighted by molar-refractivity contribution is 7.91. The predicted molar refractivity (Wildman–Crippen MR) is 82.5 cm³/mol. The van der Waals surface area contributed by atoms with E-state index >= 15 is 0 Å². The molecule has 21 heavy (non-hydrogen) atoms. The monoisotopic (exact) mass is 334 g/mol. The van der Waals surface area contributed by atoms with E-state index in [4.69, 9.17) is 4.18 Å². The van der Waals surface area contributed by atoms with Crippen LogP contribution in [0.5, 0.6) is 0 Å². The van der Waals surface area contributed by atoms with E-state index in [1.54, 1.807) is 12.1 Å². The first kappa shape index (κ1) is 18.1. The normalized spacial score (nSPS) is 12.5. The zero-order valence-electron chi connectivity index (χ0n) is 12.4. The molecule has 7 heteroatoms. The summed E-state index contributed by atoms with van der Waals surface area (Å²) in [6.07, 6.45) is 3.04. The van der Waals surface area contributed by atoms with Crippen molar-refractivity contribution in [1.29, 1.82) is 0 Å². The number of hydrogen-bond donors (Lipinski definition) is 0. The van der Waals surface area contributed by atoms with Crippen molar-refractivity contribution in [3.05, 3.63) is 29.8 Å². The summed E-state index contributed by atoms with van der Waals surface area (Å²) in [5.41, 5.74) is 1.07. The van der Waals surface area contributed by atoms with E-state index in [0.29, 0.717) is 0 Å². The minimum absolute atomic E-state index is 0.0253. The van der Waals surface area contributed by atoms with Gasteiger partial charge in [0.25, 0.3) is 10.1 Å². The standard InChI is InChI=1S/C14H22O5S2/c1-3-5-6-13-7-9-14(10-8-13)21(17,18)19-11-12-20(15,16)4-2/h7-10H,3-6,11-12H2,1-2H3. The molecule has 0 fully saturated rings. The first-order valence-electron chi connectivity index (χ1n) is 6.99. The Kier molecular flexibility index (Phi) is 6.83. The van der Waals surface area contributed by atoms with Crippen molar-refractivity contribution in [1.82, 2.24) is 0 Å². The molecule has 0 aliphatic rings. The molecule has 120 valence electrons. The molecule has 0 saturated carbocycles. The van der Waals surface area contributed by atoms with Gasteiger partial charge in [0.15, 0.2) is 9.84 Å². The second-order valence-corrected chi connectivity index (χ2v) is 8.85. The first-order chi connectivity index (χ1) is 9.80. The van der Waals surface area contributed by atoms with Gasteiger partial charge in [-0.3, -0.25) is 4.18 Å². The summed E-state index contributed by atoms with van der Waals surface area (Å²) in [5, 5.41) is 0. The van der Waals surface area contributed by atoms with E-state index in [2.05, 4.69) is 6.92 Å². The minimum atomic E-state index is -3.89. The quantitative estimate of drug-likeness (QED) is 0.647. The van der Waals surface area contributed by atoms with Crippen molar-refractivity contribution in [2.45, 2.75) is 38.0 Å². The molecule has 0 radical (unpaired) electrons. The third-order valence-electron chi connectivity index (χ3n) is 3.10. The Bertz CT molecular complexity index is 630. The number of unbranched alkanes of at least 4 members (excludes halogenated alkanes) is 1. The van der Waals surface area contributed by atoms with Crippen molar-refractivity contribution < 1.29 is 21.0 Å². The summed E-state index contributed by atoms with van der Waals surface area (Å²) in [6, 6.07) is 6.51. The Morgan fingerprint density at radius 2 is 1.62 bits per heavy atom. The fourth-order valence-corrected chi connectivity index (χ4v) is 3.33. The van der Waals surface area contributed by atoms with Gasteiger partial charge < -0.3 is 0 Å². The van der Waals surface area contributed by atoms with Crippen LogP contribution < -0.4 is 0 Å². The summed E-state index contributed by atoms with van der Waals surface area (Å²) >= 11 is 0. The molecule has 1 aromatic carbocycles. The fraction of sp³-hybridized carbons (Fsp3) is 0.571. The SMILES string of the molecule is CCCCc1ccc(S(=O)(=O)OCCS(=O)(=O)CC)cc1. The third-order valence-corrected chi connectivity index (χ3v) is 6.10. The van der Waals surface area contributed by atoms with Crippen molar-refractivity contribution in [2.75, 3.05) is 18.1 Å². The van der Waals surface area contributed by atoms with Gasteiger partial charge in [-0.25, -0.2) is 8.42 Å². The molecule has 0 amide bonds. The molecule has 1 rings (SSSR count). The second kappa shape index (κ2) is 7.91. The van der Waals surface area contributed by atoms with E-state index in [1.807, 2.05) is 0 Å². The molecule has 0 spiro atoms. The van der Waals surface area contributed by atoms with E-state index in [1.165, 1.54) is 19.1 Å². The molecule has 0 N–H and O–H groups in total. The Labute approximate surface area is 127 Å². The molecule has 0 aromatic heterocycles. The molecule has 0 aliphatic carbocycles. The number of rotatable bonds is 9. The molecule has 0 heterocycles. The van der Waals surface area contributed by atoms with Crippen LogP contribution in [-0.2, 0) is 30.6 Å². The smallest absolute Gasteiger partial charge is 0.265 e. The van der Waals surface area contributed by atoms with Gasteiger partial charge in [0.1, 0.15) is 0 Å². The Morgan fingerprint density at radius 3 is 2.14 bits per heavy atom. The van der Waals surface area contributed by atoms with E-state index in [-0.39, 0.29) is 23.0 Å². The van der Waals surface area contributed by atoms with Gasteiger partial charge in [-0.1, -0.05) is 32.4 Å². The summed E-state index contributed by atoms with van der Waals surface area (Å²) < 4.78 is 51.2. The molecule has 5 nitrogen and oxygen atoms in total. The maximum atomic E-state index is 11.9. The van der Waals surface area contributed by atoms with Crippen molar-refractivity contribution in [3.63, 3.8) is 0 Å². The van der Waals surface area contributed by atoms with Crippen LogP contribution in [0.2, 0.25) is 0 Å². The zero-order chi connectivity index (χ0) is 15.9. The lowest BCUT2D eigenvalue weighted by atomic mass is 10.1. The molecule has 0 bridgehead atoms. The van der Waals surface area contributed by atoms with E-state index in [0.717, 1.165) is 24.8 Å². The van der Waals surface area contributed by atoms with Crippen molar-refractivity contribution in [3.8, 4) is 0 Å². The molecular formula is C14H22O5S2. The Hall–Kier alpha value is -0.920.